The highest BCUT2D eigenvalue weighted by Crippen LogP contribution is 2.30. The topological polar surface area (TPSA) is 35.0 Å². The molecule has 0 bridgehead atoms. The van der Waals surface area contributed by atoms with Crippen LogP contribution < -0.4 is 4.74 Å². The number of hydrogen-bond acceptors (Lipinski definition) is 3. The summed E-state index contributed by atoms with van der Waals surface area (Å²) in [6, 6.07) is 16.4. The first-order chi connectivity index (χ1) is 12.5. The minimum absolute atomic E-state index is 0. The molecule has 2 heterocycles. The predicted octanol–water partition coefficient (Wildman–Crippen LogP) is 7.73. The van der Waals surface area contributed by atoms with Crippen LogP contribution in [0.4, 0.5) is 0 Å². The molecular weight excluding hydrogens is 426 g/mol. The Morgan fingerprint density at radius 3 is 1.96 bits per heavy atom. The van der Waals surface area contributed by atoms with Crippen LogP contribution in [0.1, 0.15) is 7.43 Å². The van der Waals surface area contributed by atoms with Gasteiger partial charge in [-0.2, -0.15) is 0 Å². The fraction of sp³-hybridized carbons (Fsp3) is 0.100. The number of pyridine rings is 2. The van der Waals surface area contributed by atoms with E-state index in [1.165, 1.54) is 0 Å². The molecule has 0 amide bonds. The molecule has 2 aromatic carbocycles. The second-order valence-electron chi connectivity index (χ2n) is 5.23. The van der Waals surface area contributed by atoms with Gasteiger partial charge in [-0.3, -0.25) is 0 Å². The lowest BCUT2D eigenvalue weighted by Crippen LogP contribution is -1.88. The molecule has 0 N–H and O–H groups in total. The maximum absolute atomic E-state index is 6.00. The van der Waals surface area contributed by atoms with Gasteiger partial charge in [-0.15, -0.1) is 0 Å². The Morgan fingerprint density at radius 1 is 0.741 bits per heavy atom. The quantitative estimate of drug-likeness (QED) is 0.283. The Labute approximate surface area is 177 Å². The predicted molar refractivity (Wildman–Crippen MR) is 117 cm³/mol. The molecule has 7 heteroatoms. The molecular formula is C20H16Cl4N2O. The van der Waals surface area contributed by atoms with Crippen LogP contribution in [0, 0.1) is 0 Å². The standard InChI is InChI=1S/C10H7Cl2NO.C9H5Cl2N.CH4/c1-14-9-5-6-7(11)3-2-4-8(6)13-10(9)12;10-7-2-1-3-8-6(7)4-5-9(11)12-8;/h2-5H,1H3;1-5H;1H4. The van der Waals surface area contributed by atoms with E-state index in [2.05, 4.69) is 9.97 Å². The largest absolute Gasteiger partial charge is 0.494 e. The summed E-state index contributed by atoms with van der Waals surface area (Å²) in [7, 11) is 1.55. The van der Waals surface area contributed by atoms with E-state index in [0.717, 1.165) is 21.8 Å². The number of benzene rings is 2. The summed E-state index contributed by atoms with van der Waals surface area (Å²) in [4.78, 5) is 8.28. The zero-order valence-electron chi connectivity index (χ0n) is 13.5. The van der Waals surface area contributed by atoms with Gasteiger partial charge in [-0.25, -0.2) is 9.97 Å². The van der Waals surface area contributed by atoms with E-state index in [9.17, 15) is 0 Å². The van der Waals surface area contributed by atoms with Crippen molar-refractivity contribution in [1.82, 2.24) is 9.97 Å². The van der Waals surface area contributed by atoms with Gasteiger partial charge in [-0.1, -0.05) is 66.0 Å². The lowest BCUT2D eigenvalue weighted by Gasteiger charge is -2.05. The zero-order valence-corrected chi connectivity index (χ0v) is 16.5. The number of hydrogen-bond donors (Lipinski definition) is 0. The molecule has 0 spiro atoms. The lowest BCUT2D eigenvalue weighted by atomic mass is 10.2. The summed E-state index contributed by atoms with van der Waals surface area (Å²) in [5, 5.41) is 3.97. The molecule has 0 fully saturated rings. The SMILES string of the molecule is C.COc1cc2c(Cl)cccc2nc1Cl.Clc1ccc2c(Cl)cccc2n1. The summed E-state index contributed by atoms with van der Waals surface area (Å²) in [6.07, 6.45) is 0. The first kappa shape index (κ1) is 21.5. The van der Waals surface area contributed by atoms with Gasteiger partial charge in [0.15, 0.2) is 10.9 Å². The number of aromatic nitrogens is 2. The molecule has 0 saturated heterocycles. The van der Waals surface area contributed by atoms with Crippen LogP contribution in [0.5, 0.6) is 5.75 Å². The van der Waals surface area contributed by atoms with Gasteiger partial charge in [0.05, 0.1) is 23.2 Å². The third-order valence-corrected chi connectivity index (χ3v) is 4.73. The van der Waals surface area contributed by atoms with Crippen molar-refractivity contribution in [1.29, 1.82) is 0 Å². The summed E-state index contributed by atoms with van der Waals surface area (Å²) < 4.78 is 5.05. The molecule has 4 rings (SSSR count). The van der Waals surface area contributed by atoms with Crippen LogP contribution in [-0.2, 0) is 0 Å². The monoisotopic (exact) mass is 440 g/mol. The molecule has 0 radical (unpaired) electrons. The summed E-state index contributed by atoms with van der Waals surface area (Å²) >= 11 is 23.5. The van der Waals surface area contributed by atoms with Gasteiger partial charge in [-0.05, 0) is 42.5 Å². The van der Waals surface area contributed by atoms with Crippen molar-refractivity contribution in [2.75, 3.05) is 7.11 Å². The second kappa shape index (κ2) is 9.43. The van der Waals surface area contributed by atoms with E-state index in [0.29, 0.717) is 26.1 Å². The average molecular weight is 442 g/mol. The van der Waals surface area contributed by atoms with Gasteiger partial charge < -0.3 is 4.74 Å². The molecule has 0 saturated carbocycles. The third-order valence-electron chi connectivity index (χ3n) is 3.59. The summed E-state index contributed by atoms with van der Waals surface area (Å²) in [5.41, 5.74) is 1.60. The highest BCUT2D eigenvalue weighted by Gasteiger charge is 2.06. The Balaban J connectivity index is 0.000000189. The number of fused-ring (bicyclic) bond motifs is 2. The van der Waals surface area contributed by atoms with E-state index in [1.807, 2.05) is 36.4 Å². The Morgan fingerprint density at radius 2 is 1.33 bits per heavy atom. The van der Waals surface area contributed by atoms with Crippen LogP contribution in [0.25, 0.3) is 21.8 Å². The van der Waals surface area contributed by atoms with Gasteiger partial charge >= 0.3 is 0 Å². The maximum Gasteiger partial charge on any atom is 0.171 e. The Hall–Kier alpha value is -1.78. The zero-order chi connectivity index (χ0) is 18.7. The minimum atomic E-state index is 0. The maximum atomic E-state index is 6.00. The van der Waals surface area contributed by atoms with Crippen molar-refractivity contribution in [3.05, 3.63) is 74.9 Å². The highest BCUT2D eigenvalue weighted by atomic mass is 35.5. The molecule has 0 atom stereocenters. The summed E-state index contributed by atoms with van der Waals surface area (Å²) in [6.45, 7) is 0. The number of nitrogens with zero attached hydrogens (tertiary/aromatic N) is 2. The van der Waals surface area contributed by atoms with Crippen LogP contribution >= 0.6 is 46.4 Å². The molecule has 27 heavy (non-hydrogen) atoms. The Kier molecular flexibility index (Phi) is 7.51. The molecule has 140 valence electrons. The van der Waals surface area contributed by atoms with Gasteiger partial charge in [0, 0.05) is 15.8 Å². The first-order valence-corrected chi connectivity index (χ1v) is 9.00. The first-order valence-electron chi connectivity index (χ1n) is 7.49. The molecule has 4 aromatic rings. The van der Waals surface area contributed by atoms with Crippen LogP contribution in [0.15, 0.2) is 54.6 Å². The smallest absolute Gasteiger partial charge is 0.171 e. The van der Waals surface area contributed by atoms with Crippen molar-refractivity contribution in [2.24, 2.45) is 0 Å². The van der Waals surface area contributed by atoms with Gasteiger partial charge in [0.1, 0.15) is 5.15 Å². The second-order valence-corrected chi connectivity index (χ2v) is 6.79. The lowest BCUT2D eigenvalue weighted by molar-refractivity contribution is 0.414. The fourth-order valence-corrected chi connectivity index (χ4v) is 3.19. The van der Waals surface area contributed by atoms with Crippen molar-refractivity contribution >= 4 is 68.2 Å². The van der Waals surface area contributed by atoms with Crippen molar-refractivity contribution in [3.63, 3.8) is 0 Å². The van der Waals surface area contributed by atoms with Crippen molar-refractivity contribution < 1.29 is 4.74 Å². The third kappa shape index (κ3) is 4.94. The molecule has 0 aliphatic heterocycles. The molecule has 0 aliphatic carbocycles. The Bertz CT molecular complexity index is 1090. The van der Waals surface area contributed by atoms with Crippen LogP contribution in [-0.4, -0.2) is 17.1 Å². The minimum Gasteiger partial charge on any atom is -0.494 e. The summed E-state index contributed by atoms with van der Waals surface area (Å²) in [5.74, 6) is 0.535. The van der Waals surface area contributed by atoms with Crippen LogP contribution in [0.3, 0.4) is 0 Å². The van der Waals surface area contributed by atoms with E-state index in [4.69, 9.17) is 51.1 Å². The van der Waals surface area contributed by atoms with E-state index in [-0.39, 0.29) is 7.43 Å². The number of ether oxygens (including phenoxy) is 1. The average Bonchev–Trinajstić information content (AvgIpc) is 2.62. The number of halogens is 4. The molecule has 0 aliphatic rings. The molecule has 0 unspecified atom stereocenters. The van der Waals surface area contributed by atoms with Crippen molar-refractivity contribution in [2.45, 2.75) is 7.43 Å². The van der Waals surface area contributed by atoms with Crippen molar-refractivity contribution in [3.8, 4) is 5.75 Å². The van der Waals surface area contributed by atoms with E-state index in [1.54, 1.807) is 25.3 Å². The molecule has 3 nitrogen and oxygen atoms in total. The van der Waals surface area contributed by atoms with Gasteiger partial charge in [0.25, 0.3) is 0 Å². The van der Waals surface area contributed by atoms with Gasteiger partial charge in [0.2, 0.25) is 0 Å². The number of rotatable bonds is 1. The molecule has 2 aromatic heterocycles. The van der Waals surface area contributed by atoms with E-state index >= 15 is 0 Å². The fourth-order valence-electron chi connectivity index (χ4n) is 2.35. The van der Waals surface area contributed by atoms with Crippen LogP contribution in [0.2, 0.25) is 20.4 Å². The highest BCUT2D eigenvalue weighted by molar-refractivity contribution is 6.36. The van der Waals surface area contributed by atoms with E-state index < -0.39 is 0 Å². The number of methoxy groups -OCH3 is 1. The normalized spacial score (nSPS) is 10.1.